The Hall–Kier alpha value is -0.0400. The molecule has 2 fully saturated rings. The van der Waals surface area contributed by atoms with Gasteiger partial charge in [0.2, 0.25) is 0 Å². The molecular weight excluding hydrogens is 134 g/mol. The van der Waals surface area contributed by atoms with Crippen molar-refractivity contribution in [3.8, 4) is 0 Å². The summed E-state index contributed by atoms with van der Waals surface area (Å²) in [4.78, 5) is 0. The molecule has 0 aromatic rings. The molecule has 1 unspecified atom stereocenters. The molecule has 0 aromatic heterocycles. The first-order valence-electron chi connectivity index (χ1n) is 4.89. The molecule has 0 aromatic carbocycles. The van der Waals surface area contributed by atoms with Crippen LogP contribution in [0.5, 0.6) is 0 Å². The van der Waals surface area contributed by atoms with Crippen molar-refractivity contribution in [3.05, 3.63) is 0 Å². The Morgan fingerprint density at radius 2 is 2.00 bits per heavy atom. The van der Waals surface area contributed by atoms with Crippen molar-refractivity contribution in [1.29, 1.82) is 0 Å². The zero-order chi connectivity index (χ0) is 8.06. The summed E-state index contributed by atoms with van der Waals surface area (Å²) in [7, 11) is 0. The molecule has 0 radical (unpaired) electrons. The molecule has 1 heteroatoms. The summed E-state index contributed by atoms with van der Waals surface area (Å²) in [6.07, 6.45) is 2.96. The van der Waals surface area contributed by atoms with Crippen LogP contribution in [0.4, 0.5) is 0 Å². The summed E-state index contributed by atoms with van der Waals surface area (Å²) in [6.45, 7) is 8.37. The lowest BCUT2D eigenvalue weighted by Gasteiger charge is -2.25. The van der Waals surface area contributed by atoms with Crippen molar-refractivity contribution < 1.29 is 0 Å². The predicted octanol–water partition coefficient (Wildman–Crippen LogP) is 2.03. The monoisotopic (exact) mass is 153 g/mol. The van der Waals surface area contributed by atoms with Gasteiger partial charge in [0.05, 0.1) is 0 Å². The van der Waals surface area contributed by atoms with Crippen LogP contribution in [0.3, 0.4) is 0 Å². The van der Waals surface area contributed by atoms with Gasteiger partial charge >= 0.3 is 0 Å². The maximum atomic E-state index is 3.60. The van der Waals surface area contributed by atoms with Gasteiger partial charge in [-0.2, -0.15) is 0 Å². The maximum Gasteiger partial charge on any atom is 0.00754 e. The van der Waals surface area contributed by atoms with Crippen LogP contribution in [-0.2, 0) is 0 Å². The summed E-state index contributed by atoms with van der Waals surface area (Å²) >= 11 is 0. The van der Waals surface area contributed by atoms with Crippen molar-refractivity contribution in [1.82, 2.24) is 5.32 Å². The molecular formula is C10H19N. The normalized spacial score (nSPS) is 40.4. The van der Waals surface area contributed by atoms with E-state index in [4.69, 9.17) is 0 Å². The second kappa shape index (κ2) is 2.22. The van der Waals surface area contributed by atoms with E-state index in [1.807, 2.05) is 0 Å². The van der Waals surface area contributed by atoms with Gasteiger partial charge in [-0.15, -0.1) is 0 Å². The highest BCUT2D eigenvalue weighted by atomic mass is 15.0. The largest absolute Gasteiger partial charge is 0.313 e. The molecule has 1 aliphatic heterocycles. The predicted molar refractivity (Wildman–Crippen MR) is 47.5 cm³/mol. The Morgan fingerprint density at radius 1 is 1.36 bits per heavy atom. The van der Waals surface area contributed by atoms with Crippen LogP contribution in [-0.4, -0.2) is 12.6 Å². The van der Waals surface area contributed by atoms with Gasteiger partial charge in [-0.25, -0.2) is 0 Å². The van der Waals surface area contributed by atoms with E-state index in [-0.39, 0.29) is 0 Å². The number of hydrogen-bond acceptors (Lipinski definition) is 1. The Balaban J connectivity index is 2.13. The summed E-state index contributed by atoms with van der Waals surface area (Å²) in [6, 6.07) is 0.762. The van der Waals surface area contributed by atoms with Crippen LogP contribution in [0.25, 0.3) is 0 Å². The van der Waals surface area contributed by atoms with Gasteiger partial charge in [-0.1, -0.05) is 13.8 Å². The molecule has 2 rings (SSSR count). The highest BCUT2D eigenvalue weighted by Gasteiger charge is 2.55. The minimum Gasteiger partial charge on any atom is -0.313 e. The van der Waals surface area contributed by atoms with Gasteiger partial charge in [-0.3, -0.25) is 0 Å². The number of rotatable bonds is 1. The van der Waals surface area contributed by atoms with E-state index in [0.717, 1.165) is 23.3 Å². The molecule has 1 heterocycles. The van der Waals surface area contributed by atoms with Crippen LogP contribution < -0.4 is 5.32 Å². The minimum atomic E-state index is 0.744. The third-order valence-electron chi connectivity index (χ3n) is 3.63. The molecule has 2 atom stereocenters. The summed E-state index contributed by atoms with van der Waals surface area (Å²) in [5.41, 5.74) is 0.744. The lowest BCUT2D eigenvalue weighted by Crippen LogP contribution is -2.27. The summed E-state index contributed by atoms with van der Waals surface area (Å²) in [5, 5.41) is 3.60. The van der Waals surface area contributed by atoms with Crippen LogP contribution in [0.1, 0.15) is 33.6 Å². The maximum absolute atomic E-state index is 3.60. The number of hydrogen-bond donors (Lipinski definition) is 1. The molecule has 2 aliphatic rings. The van der Waals surface area contributed by atoms with Crippen molar-refractivity contribution in [3.63, 3.8) is 0 Å². The average Bonchev–Trinajstić information content (AvgIpc) is 2.56. The fraction of sp³-hybridized carbons (Fsp3) is 1.00. The SMILES string of the molecule is CC(C)[C@@H]1C(C)NCC12CC2. The van der Waals surface area contributed by atoms with Gasteiger partial charge in [0, 0.05) is 12.6 Å². The zero-order valence-electron chi connectivity index (χ0n) is 7.85. The summed E-state index contributed by atoms with van der Waals surface area (Å²) < 4.78 is 0. The molecule has 11 heavy (non-hydrogen) atoms. The Kier molecular flexibility index (Phi) is 1.54. The Bertz CT molecular complexity index is 158. The minimum absolute atomic E-state index is 0.744. The van der Waals surface area contributed by atoms with Gasteiger partial charge in [0.1, 0.15) is 0 Å². The van der Waals surface area contributed by atoms with E-state index in [1.54, 1.807) is 0 Å². The first-order chi connectivity index (χ1) is 5.16. The molecule has 1 aliphatic carbocycles. The zero-order valence-corrected chi connectivity index (χ0v) is 7.85. The Labute approximate surface area is 69.6 Å². The van der Waals surface area contributed by atoms with Crippen molar-refractivity contribution in [2.24, 2.45) is 17.3 Å². The number of nitrogens with one attached hydrogen (secondary N) is 1. The molecule has 1 saturated heterocycles. The molecule has 1 saturated carbocycles. The standard InChI is InChI=1S/C10H19N/c1-7(2)9-8(3)11-6-10(9)4-5-10/h7-9,11H,4-6H2,1-3H3/t8?,9-/m1/s1. The Morgan fingerprint density at radius 3 is 2.36 bits per heavy atom. The fourth-order valence-electron chi connectivity index (χ4n) is 3.09. The van der Waals surface area contributed by atoms with E-state index in [1.165, 1.54) is 19.4 Å². The molecule has 0 amide bonds. The van der Waals surface area contributed by atoms with Crippen LogP contribution in [0, 0.1) is 17.3 Å². The summed E-state index contributed by atoms with van der Waals surface area (Å²) in [5.74, 6) is 1.81. The van der Waals surface area contributed by atoms with E-state index in [0.29, 0.717) is 0 Å². The van der Waals surface area contributed by atoms with E-state index < -0.39 is 0 Å². The highest BCUT2D eigenvalue weighted by Crippen LogP contribution is 2.57. The molecule has 1 N–H and O–H groups in total. The van der Waals surface area contributed by atoms with E-state index in [2.05, 4.69) is 26.1 Å². The first-order valence-corrected chi connectivity index (χ1v) is 4.89. The lowest BCUT2D eigenvalue weighted by atomic mass is 9.80. The van der Waals surface area contributed by atoms with Gasteiger partial charge < -0.3 is 5.32 Å². The highest BCUT2D eigenvalue weighted by molar-refractivity contribution is 5.08. The van der Waals surface area contributed by atoms with Crippen LogP contribution >= 0.6 is 0 Å². The third-order valence-corrected chi connectivity index (χ3v) is 3.63. The lowest BCUT2D eigenvalue weighted by molar-refractivity contribution is 0.264. The van der Waals surface area contributed by atoms with Crippen molar-refractivity contribution >= 4 is 0 Å². The molecule has 64 valence electrons. The van der Waals surface area contributed by atoms with Crippen molar-refractivity contribution in [2.45, 2.75) is 39.7 Å². The second-order valence-electron chi connectivity index (χ2n) is 4.80. The van der Waals surface area contributed by atoms with E-state index in [9.17, 15) is 0 Å². The molecule has 1 spiro atoms. The third kappa shape index (κ3) is 1.01. The molecule has 0 bridgehead atoms. The topological polar surface area (TPSA) is 12.0 Å². The first kappa shape index (κ1) is 7.60. The fourth-order valence-corrected chi connectivity index (χ4v) is 3.09. The second-order valence-corrected chi connectivity index (χ2v) is 4.80. The van der Waals surface area contributed by atoms with Gasteiger partial charge in [0.15, 0.2) is 0 Å². The van der Waals surface area contributed by atoms with Crippen molar-refractivity contribution in [2.75, 3.05) is 6.54 Å². The molecule has 1 nitrogen and oxygen atoms in total. The quantitative estimate of drug-likeness (QED) is 0.608. The average molecular weight is 153 g/mol. The van der Waals surface area contributed by atoms with Gasteiger partial charge in [0.25, 0.3) is 0 Å². The van der Waals surface area contributed by atoms with Crippen LogP contribution in [0.15, 0.2) is 0 Å². The van der Waals surface area contributed by atoms with E-state index >= 15 is 0 Å². The van der Waals surface area contributed by atoms with Gasteiger partial charge in [-0.05, 0) is 37.0 Å². The smallest absolute Gasteiger partial charge is 0.00754 e. The van der Waals surface area contributed by atoms with Crippen LogP contribution in [0.2, 0.25) is 0 Å².